The third kappa shape index (κ3) is 7.83. The van der Waals surface area contributed by atoms with Gasteiger partial charge >= 0.3 is 0 Å². The average molecular weight is 617 g/mol. The smallest absolute Gasteiger partial charge is 0.264 e. The van der Waals surface area contributed by atoms with E-state index in [1.807, 2.05) is 45.0 Å². The van der Waals surface area contributed by atoms with E-state index in [-0.39, 0.29) is 23.0 Å². The summed E-state index contributed by atoms with van der Waals surface area (Å²) in [5.41, 5.74) is 0.488. The van der Waals surface area contributed by atoms with Crippen molar-refractivity contribution in [2.24, 2.45) is 0 Å². The zero-order valence-corrected chi connectivity index (χ0v) is 25.1. The van der Waals surface area contributed by atoms with Crippen molar-refractivity contribution in [3.05, 3.63) is 88.9 Å². The van der Waals surface area contributed by atoms with Crippen LogP contribution in [0.4, 0.5) is 5.69 Å². The number of nitrogens with one attached hydrogen (secondary N) is 1. The summed E-state index contributed by atoms with van der Waals surface area (Å²) in [6, 6.07) is 21.0. The lowest BCUT2D eigenvalue weighted by Crippen LogP contribution is -2.54. The molecule has 0 aromatic heterocycles. The number of carbonyl (C=O) groups is 2. The number of methoxy groups -OCH3 is 1. The largest absolute Gasteiger partial charge is 0.495 e. The van der Waals surface area contributed by atoms with E-state index in [1.165, 1.54) is 24.1 Å². The normalized spacial score (nSPS) is 12.4. The molecular formula is C29H34BrN3O5S. The average Bonchev–Trinajstić information content (AvgIpc) is 2.90. The van der Waals surface area contributed by atoms with Gasteiger partial charge in [0.15, 0.2) is 0 Å². The second kappa shape index (κ2) is 12.7. The van der Waals surface area contributed by atoms with E-state index in [1.54, 1.807) is 49.4 Å². The Balaban J connectivity index is 2.06. The SMILES string of the molecule is COc1ccccc1N(CC(=O)N(Cc1ccc(Br)cc1)[C@H](C)C(=O)NC(C)(C)C)S(=O)(=O)c1ccccc1. The lowest BCUT2D eigenvalue weighted by atomic mass is 10.1. The van der Waals surface area contributed by atoms with Crippen molar-refractivity contribution in [2.45, 2.75) is 50.7 Å². The molecule has 0 unspecified atom stereocenters. The minimum atomic E-state index is -4.17. The first-order valence-corrected chi connectivity index (χ1v) is 14.6. The van der Waals surface area contributed by atoms with E-state index in [4.69, 9.17) is 4.74 Å². The molecule has 0 heterocycles. The number of amides is 2. The number of benzene rings is 3. The topological polar surface area (TPSA) is 96.0 Å². The van der Waals surface area contributed by atoms with Gasteiger partial charge in [-0.3, -0.25) is 13.9 Å². The van der Waals surface area contributed by atoms with Crippen LogP contribution in [0.1, 0.15) is 33.3 Å². The second-order valence-electron chi connectivity index (χ2n) is 10.1. The molecule has 10 heteroatoms. The third-order valence-electron chi connectivity index (χ3n) is 5.90. The predicted octanol–water partition coefficient (Wildman–Crippen LogP) is 4.99. The number of hydrogen-bond acceptors (Lipinski definition) is 5. The number of para-hydroxylation sites is 2. The minimum Gasteiger partial charge on any atom is -0.495 e. The highest BCUT2D eigenvalue weighted by atomic mass is 79.9. The van der Waals surface area contributed by atoms with Gasteiger partial charge in [-0.05, 0) is 69.7 Å². The summed E-state index contributed by atoms with van der Waals surface area (Å²) in [4.78, 5) is 28.6. The zero-order valence-electron chi connectivity index (χ0n) is 22.7. The standard InChI is InChI=1S/C29H34BrN3O5S/c1-21(28(35)31-29(2,3)4)32(19-22-15-17-23(30)18-16-22)27(34)20-33(25-13-9-10-14-26(25)38-5)39(36,37)24-11-7-6-8-12-24/h6-18,21H,19-20H2,1-5H3,(H,31,35)/t21-/m1/s1. The predicted molar refractivity (Wildman–Crippen MR) is 156 cm³/mol. The monoisotopic (exact) mass is 615 g/mol. The van der Waals surface area contributed by atoms with E-state index in [0.29, 0.717) is 5.75 Å². The maximum atomic E-state index is 14.0. The minimum absolute atomic E-state index is 0.0293. The Morgan fingerprint density at radius 2 is 1.54 bits per heavy atom. The van der Waals surface area contributed by atoms with Crippen LogP contribution in [0.5, 0.6) is 5.75 Å². The molecule has 0 saturated heterocycles. The van der Waals surface area contributed by atoms with Crippen molar-refractivity contribution < 1.29 is 22.7 Å². The number of ether oxygens (including phenoxy) is 1. The van der Waals surface area contributed by atoms with Crippen LogP contribution in [0.15, 0.2) is 88.2 Å². The van der Waals surface area contributed by atoms with Gasteiger partial charge in [0.25, 0.3) is 10.0 Å². The molecule has 0 spiro atoms. The molecule has 0 saturated carbocycles. The zero-order chi connectivity index (χ0) is 28.8. The Labute approximate surface area is 239 Å². The molecule has 208 valence electrons. The van der Waals surface area contributed by atoms with Gasteiger partial charge in [-0.1, -0.05) is 58.4 Å². The van der Waals surface area contributed by atoms with Gasteiger partial charge in [-0.25, -0.2) is 8.42 Å². The van der Waals surface area contributed by atoms with Gasteiger partial charge in [0.2, 0.25) is 11.8 Å². The van der Waals surface area contributed by atoms with Gasteiger partial charge in [-0.15, -0.1) is 0 Å². The Hall–Kier alpha value is -3.37. The lowest BCUT2D eigenvalue weighted by Gasteiger charge is -2.33. The summed E-state index contributed by atoms with van der Waals surface area (Å²) < 4.78 is 35.1. The van der Waals surface area contributed by atoms with Crippen LogP contribution in [-0.4, -0.2) is 50.4 Å². The summed E-state index contributed by atoms with van der Waals surface area (Å²) in [6.07, 6.45) is 0. The van der Waals surface area contributed by atoms with Gasteiger partial charge in [0, 0.05) is 16.6 Å². The van der Waals surface area contributed by atoms with Crippen molar-refractivity contribution in [1.82, 2.24) is 10.2 Å². The van der Waals surface area contributed by atoms with Gasteiger partial charge < -0.3 is 15.0 Å². The van der Waals surface area contributed by atoms with Crippen molar-refractivity contribution in [3.8, 4) is 5.75 Å². The molecule has 1 atom stereocenters. The van der Waals surface area contributed by atoms with Crippen LogP contribution in [0.3, 0.4) is 0 Å². The second-order valence-corrected chi connectivity index (χ2v) is 12.8. The fourth-order valence-electron chi connectivity index (χ4n) is 3.91. The van der Waals surface area contributed by atoms with E-state index in [2.05, 4.69) is 21.2 Å². The van der Waals surface area contributed by atoms with Gasteiger partial charge in [-0.2, -0.15) is 0 Å². The number of rotatable bonds is 10. The number of sulfonamides is 1. The lowest BCUT2D eigenvalue weighted by molar-refractivity contribution is -0.140. The first kappa shape index (κ1) is 30.2. The molecule has 3 aromatic carbocycles. The highest BCUT2D eigenvalue weighted by molar-refractivity contribution is 9.10. The molecule has 1 N–H and O–H groups in total. The molecule has 0 radical (unpaired) electrons. The summed E-state index contributed by atoms with van der Waals surface area (Å²) in [7, 11) is -2.73. The summed E-state index contributed by atoms with van der Waals surface area (Å²) in [5, 5.41) is 2.92. The fraction of sp³-hybridized carbons (Fsp3) is 0.310. The van der Waals surface area contributed by atoms with Crippen LogP contribution in [-0.2, 0) is 26.2 Å². The van der Waals surface area contributed by atoms with Crippen LogP contribution in [0, 0.1) is 0 Å². The number of anilines is 1. The Morgan fingerprint density at radius 3 is 2.13 bits per heavy atom. The van der Waals surface area contributed by atoms with Gasteiger partial charge in [0.05, 0.1) is 17.7 Å². The van der Waals surface area contributed by atoms with Crippen molar-refractivity contribution in [3.63, 3.8) is 0 Å². The Kier molecular flexibility index (Phi) is 9.79. The third-order valence-corrected chi connectivity index (χ3v) is 8.20. The summed E-state index contributed by atoms with van der Waals surface area (Å²) in [5.74, 6) is -0.592. The van der Waals surface area contributed by atoms with E-state index >= 15 is 0 Å². The first-order valence-electron chi connectivity index (χ1n) is 12.4. The Morgan fingerprint density at radius 1 is 0.949 bits per heavy atom. The van der Waals surface area contributed by atoms with E-state index < -0.39 is 34.1 Å². The highest BCUT2D eigenvalue weighted by Crippen LogP contribution is 2.32. The molecular weight excluding hydrogens is 582 g/mol. The molecule has 0 aliphatic rings. The van der Waals surface area contributed by atoms with Gasteiger partial charge in [0.1, 0.15) is 18.3 Å². The first-order chi connectivity index (χ1) is 18.3. The molecule has 8 nitrogen and oxygen atoms in total. The number of carbonyl (C=O) groups excluding carboxylic acids is 2. The molecule has 39 heavy (non-hydrogen) atoms. The maximum Gasteiger partial charge on any atom is 0.264 e. The van der Waals surface area contributed by atoms with Crippen LogP contribution in [0.2, 0.25) is 0 Å². The van der Waals surface area contributed by atoms with Crippen molar-refractivity contribution >= 4 is 43.5 Å². The summed E-state index contributed by atoms with van der Waals surface area (Å²) in [6.45, 7) is 6.77. The molecule has 0 bridgehead atoms. The van der Waals surface area contributed by atoms with E-state index in [0.717, 1.165) is 14.3 Å². The molecule has 3 rings (SSSR count). The van der Waals surface area contributed by atoms with Crippen molar-refractivity contribution in [2.75, 3.05) is 18.0 Å². The maximum absolute atomic E-state index is 14.0. The van der Waals surface area contributed by atoms with Crippen molar-refractivity contribution in [1.29, 1.82) is 0 Å². The van der Waals surface area contributed by atoms with Crippen LogP contribution >= 0.6 is 15.9 Å². The quantitative estimate of drug-likeness (QED) is 0.347. The Bertz CT molecular complexity index is 1390. The number of hydrogen-bond donors (Lipinski definition) is 1. The van der Waals surface area contributed by atoms with Crippen LogP contribution in [0.25, 0.3) is 0 Å². The van der Waals surface area contributed by atoms with Crippen LogP contribution < -0.4 is 14.4 Å². The number of halogens is 1. The highest BCUT2D eigenvalue weighted by Gasteiger charge is 2.34. The molecule has 3 aromatic rings. The molecule has 0 aliphatic heterocycles. The summed E-state index contributed by atoms with van der Waals surface area (Å²) >= 11 is 3.41. The van der Waals surface area contributed by atoms with E-state index in [9.17, 15) is 18.0 Å². The number of nitrogens with zero attached hydrogens (tertiary/aromatic N) is 2. The molecule has 0 aliphatic carbocycles. The molecule has 2 amide bonds. The fourth-order valence-corrected chi connectivity index (χ4v) is 5.62. The molecule has 0 fully saturated rings.